The van der Waals surface area contributed by atoms with Crippen molar-refractivity contribution in [1.29, 1.82) is 0 Å². The van der Waals surface area contributed by atoms with Crippen LogP contribution in [-0.4, -0.2) is 28.8 Å². The van der Waals surface area contributed by atoms with Crippen LogP contribution in [0.25, 0.3) is 11.1 Å². The summed E-state index contributed by atoms with van der Waals surface area (Å²) in [5, 5.41) is 19.0. The van der Waals surface area contributed by atoms with Crippen LogP contribution in [0.4, 0.5) is 0 Å². The van der Waals surface area contributed by atoms with Crippen LogP contribution in [0, 0.1) is 5.92 Å². The summed E-state index contributed by atoms with van der Waals surface area (Å²) in [5.41, 5.74) is 10.8. The third kappa shape index (κ3) is 3.53. The molecule has 3 aromatic rings. The molecule has 0 fully saturated rings. The second kappa shape index (κ2) is 8.00. The van der Waals surface area contributed by atoms with E-state index in [0.29, 0.717) is 5.56 Å². The molecule has 3 aromatic carbocycles. The highest BCUT2D eigenvalue weighted by atomic mass is 16.5. The van der Waals surface area contributed by atoms with Gasteiger partial charge in [-0.05, 0) is 39.9 Å². The summed E-state index contributed by atoms with van der Waals surface area (Å²) in [7, 11) is 0. The Bertz CT molecular complexity index is 1050. The van der Waals surface area contributed by atoms with Crippen molar-refractivity contribution in [2.75, 3.05) is 6.61 Å². The molecule has 0 saturated heterocycles. The number of benzene rings is 3. The van der Waals surface area contributed by atoms with Crippen LogP contribution in [0.3, 0.4) is 0 Å². The van der Waals surface area contributed by atoms with Crippen LogP contribution in [0.2, 0.25) is 0 Å². The second-order valence-electron chi connectivity index (χ2n) is 7.29. The predicted molar refractivity (Wildman–Crippen MR) is 111 cm³/mol. The molecule has 4 N–H and O–H groups in total. The van der Waals surface area contributed by atoms with Crippen molar-refractivity contribution in [3.05, 3.63) is 89.5 Å². The van der Waals surface area contributed by atoms with E-state index in [9.17, 15) is 19.8 Å². The zero-order valence-electron chi connectivity index (χ0n) is 16.1. The number of carboxylic acid groups (broad SMARTS) is 1. The number of carbonyl (C=O) groups excluding carboxylic acids is 1. The lowest BCUT2D eigenvalue weighted by Crippen LogP contribution is -2.36. The molecule has 0 aromatic heterocycles. The normalized spacial score (nSPS) is 14.4. The molecule has 0 saturated carbocycles. The van der Waals surface area contributed by atoms with Gasteiger partial charge in [-0.1, -0.05) is 60.7 Å². The summed E-state index contributed by atoms with van der Waals surface area (Å²) >= 11 is 0. The molecule has 0 heterocycles. The zero-order chi connectivity index (χ0) is 21.3. The minimum absolute atomic E-state index is 0.0267. The molecular weight excluding hydrogens is 382 g/mol. The number of nitrogens with two attached hydrogens (primary N) is 1. The first-order valence-corrected chi connectivity index (χ1v) is 9.59. The topological polar surface area (TPSA) is 110 Å². The number of phenolic OH excluding ortho intramolecular Hbond substituents is 1. The minimum Gasteiger partial charge on any atom is -0.508 e. The fourth-order valence-corrected chi connectivity index (χ4v) is 3.98. The molecule has 1 aliphatic carbocycles. The maximum Gasteiger partial charge on any atom is 0.322 e. The largest absolute Gasteiger partial charge is 0.508 e. The Balaban J connectivity index is 1.54. The summed E-state index contributed by atoms with van der Waals surface area (Å²) in [5.74, 6) is -3.93. The van der Waals surface area contributed by atoms with Crippen molar-refractivity contribution in [1.82, 2.24) is 0 Å². The van der Waals surface area contributed by atoms with Gasteiger partial charge in [0.2, 0.25) is 0 Å². The third-order valence-electron chi connectivity index (χ3n) is 5.51. The van der Waals surface area contributed by atoms with Gasteiger partial charge < -0.3 is 20.7 Å². The summed E-state index contributed by atoms with van der Waals surface area (Å²) in [4.78, 5) is 24.5. The molecule has 2 atom stereocenters. The van der Waals surface area contributed by atoms with E-state index < -0.39 is 23.9 Å². The number of rotatable bonds is 6. The molecule has 4 rings (SSSR count). The van der Waals surface area contributed by atoms with E-state index in [2.05, 4.69) is 0 Å². The number of ether oxygens (including phenoxy) is 1. The molecule has 152 valence electrons. The number of hydrogen-bond acceptors (Lipinski definition) is 5. The standard InChI is InChI=1S/C24H21NO5/c25-22(14-9-11-15(26)12-10-14)21(23(27)28)24(29)30-13-20-18-7-3-1-5-16(18)17-6-2-4-8-19(17)20/h1-12,20-22,26H,13,25H2,(H,27,28)/t21-,22-/m1/s1. The minimum atomic E-state index is -1.55. The predicted octanol–water partition coefficient (Wildman–Crippen LogP) is 3.45. The van der Waals surface area contributed by atoms with E-state index in [-0.39, 0.29) is 18.3 Å². The first kappa shape index (κ1) is 19.7. The van der Waals surface area contributed by atoms with E-state index >= 15 is 0 Å². The fraction of sp³-hybridized carbons (Fsp3) is 0.167. The van der Waals surface area contributed by atoms with Gasteiger partial charge >= 0.3 is 11.9 Å². The van der Waals surface area contributed by atoms with Gasteiger partial charge in [-0.15, -0.1) is 0 Å². The fourth-order valence-electron chi connectivity index (χ4n) is 3.98. The smallest absolute Gasteiger partial charge is 0.322 e. The number of carboxylic acids is 1. The van der Waals surface area contributed by atoms with Gasteiger partial charge in [0.15, 0.2) is 5.92 Å². The number of aliphatic carboxylic acids is 1. The van der Waals surface area contributed by atoms with Crippen LogP contribution in [0.15, 0.2) is 72.8 Å². The summed E-state index contributed by atoms with van der Waals surface area (Å²) in [6.45, 7) is 0.0267. The molecule has 30 heavy (non-hydrogen) atoms. The number of fused-ring (bicyclic) bond motifs is 3. The molecule has 6 nitrogen and oxygen atoms in total. The lowest BCUT2D eigenvalue weighted by Gasteiger charge is -2.21. The van der Waals surface area contributed by atoms with Crippen molar-refractivity contribution >= 4 is 11.9 Å². The van der Waals surface area contributed by atoms with Gasteiger partial charge in [-0.3, -0.25) is 9.59 Å². The van der Waals surface area contributed by atoms with Crippen LogP contribution in [-0.2, 0) is 14.3 Å². The highest BCUT2D eigenvalue weighted by Gasteiger charge is 2.37. The Morgan fingerprint density at radius 2 is 1.43 bits per heavy atom. The van der Waals surface area contributed by atoms with E-state index in [4.69, 9.17) is 10.5 Å². The molecule has 0 radical (unpaired) electrons. The monoisotopic (exact) mass is 403 g/mol. The van der Waals surface area contributed by atoms with Crippen LogP contribution in [0.5, 0.6) is 5.75 Å². The van der Waals surface area contributed by atoms with E-state index in [1.165, 1.54) is 24.3 Å². The number of aromatic hydroxyl groups is 1. The number of hydrogen-bond donors (Lipinski definition) is 3. The molecule has 0 unspecified atom stereocenters. The molecule has 0 amide bonds. The van der Waals surface area contributed by atoms with Gasteiger partial charge in [-0.25, -0.2) is 0 Å². The summed E-state index contributed by atoms with van der Waals surface area (Å²) < 4.78 is 5.48. The highest BCUT2D eigenvalue weighted by molar-refractivity contribution is 5.95. The maximum atomic E-state index is 12.7. The Labute approximate surface area is 173 Å². The van der Waals surface area contributed by atoms with E-state index in [0.717, 1.165) is 22.3 Å². The first-order valence-electron chi connectivity index (χ1n) is 9.59. The van der Waals surface area contributed by atoms with Crippen molar-refractivity contribution in [3.63, 3.8) is 0 Å². The van der Waals surface area contributed by atoms with Gasteiger partial charge in [0.05, 0.1) is 6.04 Å². The number of esters is 1. The second-order valence-corrected chi connectivity index (χ2v) is 7.29. The lowest BCUT2D eigenvalue weighted by molar-refractivity contribution is -0.160. The molecule has 0 spiro atoms. The molecule has 6 heteroatoms. The molecule has 1 aliphatic rings. The zero-order valence-corrected chi connectivity index (χ0v) is 16.1. The molecule has 0 bridgehead atoms. The van der Waals surface area contributed by atoms with Gasteiger partial charge in [0, 0.05) is 5.92 Å². The molecular formula is C24H21NO5. The average molecular weight is 403 g/mol. The van der Waals surface area contributed by atoms with Crippen molar-refractivity contribution < 1.29 is 24.5 Å². The maximum absolute atomic E-state index is 12.7. The number of phenols is 1. The summed E-state index contributed by atoms with van der Waals surface area (Å²) in [6, 6.07) is 20.5. The van der Waals surface area contributed by atoms with Crippen molar-refractivity contribution in [2.24, 2.45) is 11.7 Å². The molecule has 0 aliphatic heterocycles. The summed E-state index contributed by atoms with van der Waals surface area (Å²) in [6.07, 6.45) is 0. The lowest BCUT2D eigenvalue weighted by atomic mass is 9.93. The first-order chi connectivity index (χ1) is 14.5. The van der Waals surface area contributed by atoms with Gasteiger partial charge in [0.25, 0.3) is 0 Å². The van der Waals surface area contributed by atoms with Gasteiger partial charge in [0.1, 0.15) is 12.4 Å². The van der Waals surface area contributed by atoms with Crippen LogP contribution in [0.1, 0.15) is 28.7 Å². The van der Waals surface area contributed by atoms with Crippen LogP contribution >= 0.6 is 0 Å². The highest BCUT2D eigenvalue weighted by Crippen LogP contribution is 2.44. The quantitative estimate of drug-likeness (QED) is 0.430. The Morgan fingerprint density at radius 3 is 1.97 bits per heavy atom. The number of carbonyl (C=O) groups is 2. The van der Waals surface area contributed by atoms with E-state index in [1.54, 1.807) is 0 Å². The Hall–Kier alpha value is -3.64. The van der Waals surface area contributed by atoms with Crippen molar-refractivity contribution in [3.8, 4) is 16.9 Å². The van der Waals surface area contributed by atoms with E-state index in [1.807, 2.05) is 48.5 Å². The Kier molecular flexibility index (Phi) is 5.25. The SMILES string of the molecule is N[C@H](c1ccc(O)cc1)[C@H](C(=O)O)C(=O)OCC1c2ccccc2-c2ccccc21. The van der Waals surface area contributed by atoms with Crippen LogP contribution < -0.4 is 5.73 Å². The Morgan fingerprint density at radius 1 is 0.900 bits per heavy atom. The van der Waals surface area contributed by atoms with Gasteiger partial charge in [-0.2, -0.15) is 0 Å². The third-order valence-corrected chi connectivity index (χ3v) is 5.51. The average Bonchev–Trinajstić information content (AvgIpc) is 3.06. The van der Waals surface area contributed by atoms with Crippen molar-refractivity contribution in [2.45, 2.75) is 12.0 Å².